The average molecular weight is 436 g/mol. The molecule has 0 saturated carbocycles. The van der Waals surface area contributed by atoms with Crippen LogP contribution in [0.4, 0.5) is 19.1 Å². The van der Waals surface area contributed by atoms with Crippen molar-refractivity contribution in [3.63, 3.8) is 0 Å². The van der Waals surface area contributed by atoms with Crippen molar-refractivity contribution in [1.82, 2.24) is 14.5 Å². The van der Waals surface area contributed by atoms with E-state index in [-0.39, 0.29) is 12.5 Å². The Labute approximate surface area is 174 Å². The average Bonchev–Trinajstić information content (AvgIpc) is 3.20. The lowest BCUT2D eigenvalue weighted by Gasteiger charge is -2.38. The lowest BCUT2D eigenvalue weighted by molar-refractivity contribution is -0.134. The molecule has 0 bridgehead atoms. The van der Waals surface area contributed by atoms with Crippen LogP contribution in [0.2, 0.25) is 0 Å². The maximum absolute atomic E-state index is 12.7. The molecule has 0 spiro atoms. The molecule has 3 aromatic rings. The number of aliphatic hydroxyl groups is 1. The summed E-state index contributed by atoms with van der Waals surface area (Å²) in [5.41, 5.74) is -0.650. The standard InChI is InChI=1S/C20H19F3N4O2S/c21-20(22,23)16-7-6-15(30-16)12-27-13-24-17(25-18(27)28)26-10-8-19(29,9-11-26)14-4-2-1-3-5-14/h1-7,13,29H,8-12H2. The Morgan fingerprint density at radius 2 is 1.80 bits per heavy atom. The van der Waals surface area contributed by atoms with Gasteiger partial charge in [-0.1, -0.05) is 30.3 Å². The zero-order chi connectivity index (χ0) is 21.4. The molecule has 10 heteroatoms. The van der Waals surface area contributed by atoms with Crippen LogP contribution in [0, 0.1) is 0 Å². The molecule has 1 fully saturated rings. The van der Waals surface area contributed by atoms with E-state index in [1.54, 1.807) is 0 Å². The second-order valence-corrected chi connectivity index (χ2v) is 8.38. The van der Waals surface area contributed by atoms with Crippen molar-refractivity contribution in [1.29, 1.82) is 0 Å². The first-order valence-corrected chi connectivity index (χ1v) is 10.2. The molecule has 3 heterocycles. The van der Waals surface area contributed by atoms with Crippen molar-refractivity contribution < 1.29 is 18.3 Å². The zero-order valence-corrected chi connectivity index (χ0v) is 16.7. The van der Waals surface area contributed by atoms with Gasteiger partial charge < -0.3 is 10.0 Å². The molecule has 4 rings (SSSR count). The molecule has 1 aliphatic rings. The first-order chi connectivity index (χ1) is 14.2. The second-order valence-electron chi connectivity index (χ2n) is 7.22. The van der Waals surface area contributed by atoms with Gasteiger partial charge in [-0.3, -0.25) is 4.57 Å². The van der Waals surface area contributed by atoms with Crippen molar-refractivity contribution in [2.75, 3.05) is 18.0 Å². The van der Waals surface area contributed by atoms with Gasteiger partial charge in [0.2, 0.25) is 5.95 Å². The van der Waals surface area contributed by atoms with Gasteiger partial charge in [0.15, 0.2) is 0 Å². The number of benzene rings is 1. The maximum Gasteiger partial charge on any atom is 0.425 e. The van der Waals surface area contributed by atoms with E-state index in [0.717, 1.165) is 11.6 Å². The molecule has 158 valence electrons. The minimum Gasteiger partial charge on any atom is -0.385 e. The fourth-order valence-electron chi connectivity index (χ4n) is 3.51. The molecule has 1 saturated heterocycles. The van der Waals surface area contributed by atoms with Gasteiger partial charge in [0.25, 0.3) is 0 Å². The highest BCUT2D eigenvalue weighted by Gasteiger charge is 2.35. The van der Waals surface area contributed by atoms with Gasteiger partial charge >= 0.3 is 11.9 Å². The Bertz CT molecular complexity index is 1070. The van der Waals surface area contributed by atoms with Gasteiger partial charge in [-0.2, -0.15) is 18.2 Å². The monoisotopic (exact) mass is 436 g/mol. The number of anilines is 1. The molecule has 6 nitrogen and oxygen atoms in total. The van der Waals surface area contributed by atoms with Gasteiger partial charge in [0.1, 0.15) is 11.2 Å². The molecule has 1 aromatic carbocycles. The summed E-state index contributed by atoms with van der Waals surface area (Å²) < 4.78 is 39.4. The smallest absolute Gasteiger partial charge is 0.385 e. The maximum atomic E-state index is 12.7. The Balaban J connectivity index is 1.44. The van der Waals surface area contributed by atoms with Crippen LogP contribution in [0.15, 0.2) is 53.6 Å². The van der Waals surface area contributed by atoms with Crippen molar-refractivity contribution in [3.05, 3.63) is 74.6 Å². The summed E-state index contributed by atoms with van der Waals surface area (Å²) >= 11 is 0.595. The van der Waals surface area contributed by atoms with E-state index in [9.17, 15) is 23.1 Å². The third kappa shape index (κ3) is 4.24. The van der Waals surface area contributed by atoms with Gasteiger partial charge in [-0.25, -0.2) is 9.78 Å². The van der Waals surface area contributed by atoms with E-state index in [2.05, 4.69) is 9.97 Å². The molecule has 2 aromatic heterocycles. The second kappa shape index (κ2) is 7.84. The molecular formula is C20H19F3N4O2S. The van der Waals surface area contributed by atoms with E-state index in [0.29, 0.717) is 42.1 Å². The minimum absolute atomic E-state index is 0.0202. The topological polar surface area (TPSA) is 71.2 Å². The van der Waals surface area contributed by atoms with Crippen molar-refractivity contribution in [2.24, 2.45) is 0 Å². The normalized spacial score (nSPS) is 16.6. The third-order valence-corrected chi connectivity index (χ3v) is 6.32. The Morgan fingerprint density at radius 1 is 1.10 bits per heavy atom. The summed E-state index contributed by atoms with van der Waals surface area (Å²) in [5, 5.41) is 10.9. The van der Waals surface area contributed by atoms with E-state index < -0.39 is 22.3 Å². The first kappa shape index (κ1) is 20.5. The Morgan fingerprint density at radius 3 is 2.40 bits per heavy atom. The van der Waals surface area contributed by atoms with Crippen LogP contribution < -0.4 is 10.6 Å². The van der Waals surface area contributed by atoms with Gasteiger partial charge in [0.05, 0.1) is 12.1 Å². The fraction of sp³-hybridized carbons (Fsp3) is 0.350. The quantitative estimate of drug-likeness (QED) is 0.680. The highest BCUT2D eigenvalue weighted by atomic mass is 32.1. The number of piperidine rings is 1. The van der Waals surface area contributed by atoms with Crippen molar-refractivity contribution in [2.45, 2.75) is 31.2 Å². The van der Waals surface area contributed by atoms with Crippen LogP contribution in [0.3, 0.4) is 0 Å². The molecule has 30 heavy (non-hydrogen) atoms. The van der Waals surface area contributed by atoms with Crippen LogP contribution in [-0.2, 0) is 18.3 Å². The van der Waals surface area contributed by atoms with Gasteiger partial charge in [0, 0.05) is 18.0 Å². The Kier molecular flexibility index (Phi) is 5.37. The number of halogens is 3. The number of hydrogen-bond donors (Lipinski definition) is 1. The van der Waals surface area contributed by atoms with Gasteiger partial charge in [-0.15, -0.1) is 11.3 Å². The summed E-state index contributed by atoms with van der Waals surface area (Å²) in [7, 11) is 0. The summed E-state index contributed by atoms with van der Waals surface area (Å²) in [6.07, 6.45) is -2.16. The van der Waals surface area contributed by atoms with E-state index in [1.807, 2.05) is 35.2 Å². The zero-order valence-electron chi connectivity index (χ0n) is 15.8. The highest BCUT2D eigenvalue weighted by Crippen LogP contribution is 2.35. The van der Waals surface area contributed by atoms with Crippen LogP contribution in [-0.4, -0.2) is 32.7 Å². The van der Waals surface area contributed by atoms with Crippen LogP contribution in [0.5, 0.6) is 0 Å². The molecule has 0 amide bonds. The van der Waals surface area contributed by atoms with E-state index in [1.165, 1.54) is 17.0 Å². The van der Waals surface area contributed by atoms with Gasteiger partial charge in [-0.05, 0) is 30.5 Å². The fourth-order valence-corrected chi connectivity index (χ4v) is 4.38. The number of nitrogens with zero attached hydrogens (tertiary/aromatic N) is 4. The van der Waals surface area contributed by atoms with Crippen LogP contribution in [0.1, 0.15) is 28.2 Å². The lowest BCUT2D eigenvalue weighted by Crippen LogP contribution is -2.44. The first-order valence-electron chi connectivity index (χ1n) is 9.37. The number of aromatic nitrogens is 3. The number of rotatable bonds is 4. The summed E-state index contributed by atoms with van der Waals surface area (Å²) in [4.78, 5) is 22.1. The SMILES string of the molecule is O=c1nc(N2CCC(O)(c3ccccc3)CC2)ncn1Cc1ccc(C(F)(F)F)s1. The summed E-state index contributed by atoms with van der Waals surface area (Å²) in [6.45, 7) is 0.942. The molecule has 1 aliphatic heterocycles. The molecular weight excluding hydrogens is 417 g/mol. The number of alkyl halides is 3. The minimum atomic E-state index is -4.40. The van der Waals surface area contributed by atoms with Crippen LogP contribution >= 0.6 is 11.3 Å². The van der Waals surface area contributed by atoms with Crippen molar-refractivity contribution >= 4 is 17.3 Å². The molecule has 0 atom stereocenters. The van der Waals surface area contributed by atoms with Crippen molar-refractivity contribution in [3.8, 4) is 0 Å². The molecule has 0 aliphatic carbocycles. The van der Waals surface area contributed by atoms with Crippen LogP contribution in [0.25, 0.3) is 0 Å². The largest absolute Gasteiger partial charge is 0.425 e. The highest BCUT2D eigenvalue weighted by molar-refractivity contribution is 7.12. The number of thiophene rings is 1. The predicted octanol–water partition coefficient (Wildman–Crippen LogP) is 3.25. The molecule has 0 radical (unpaired) electrons. The van der Waals surface area contributed by atoms with E-state index >= 15 is 0 Å². The summed E-state index contributed by atoms with van der Waals surface area (Å²) in [5.74, 6) is 0.258. The lowest BCUT2D eigenvalue weighted by atomic mass is 9.84. The van der Waals surface area contributed by atoms with E-state index in [4.69, 9.17) is 0 Å². The summed E-state index contributed by atoms with van der Waals surface area (Å²) in [6, 6.07) is 11.8. The molecule has 1 N–H and O–H groups in total. The Hall–Kier alpha value is -2.72. The third-order valence-electron chi connectivity index (χ3n) is 5.21. The predicted molar refractivity (Wildman–Crippen MR) is 107 cm³/mol. The molecule has 0 unspecified atom stereocenters. The number of hydrogen-bond acceptors (Lipinski definition) is 6.